The largest absolute Gasteiger partial charge is 0.487 e. The molecule has 0 heterocycles. The Balaban J connectivity index is 2.04. The van der Waals surface area contributed by atoms with Crippen LogP contribution in [0, 0.1) is 5.92 Å². The van der Waals surface area contributed by atoms with Crippen LogP contribution in [0.1, 0.15) is 25.7 Å². The third kappa shape index (κ3) is 3.33. The molecule has 0 amide bonds. The summed E-state index contributed by atoms with van der Waals surface area (Å²) in [5.74, 6) is 1.31. The fourth-order valence-electron chi connectivity index (χ4n) is 2.56. The summed E-state index contributed by atoms with van der Waals surface area (Å²) in [7, 11) is 3.53. The lowest BCUT2D eigenvalue weighted by Gasteiger charge is -2.35. The van der Waals surface area contributed by atoms with Gasteiger partial charge in [0.05, 0.1) is 6.10 Å². The number of aliphatic hydroxyl groups is 1. The Kier molecular flexibility index (Phi) is 4.63. The van der Waals surface area contributed by atoms with Gasteiger partial charge in [-0.3, -0.25) is 0 Å². The van der Waals surface area contributed by atoms with Crippen LogP contribution in [0.25, 0.3) is 0 Å². The number of benzene rings is 1. The Morgan fingerprint density at radius 3 is 2.71 bits per heavy atom. The lowest BCUT2D eigenvalue weighted by Crippen LogP contribution is -2.41. The minimum Gasteiger partial charge on any atom is -0.487 e. The Morgan fingerprint density at radius 2 is 2.00 bits per heavy atom. The smallest absolute Gasteiger partial charge is 0.127 e. The molecule has 17 heavy (non-hydrogen) atoms. The van der Waals surface area contributed by atoms with Gasteiger partial charge in [-0.15, -0.1) is 0 Å². The zero-order valence-electron chi connectivity index (χ0n) is 10.0. The average molecular weight is 247 g/mol. The highest BCUT2D eigenvalue weighted by molar-refractivity contribution is 6.08. The molecule has 0 aromatic heterocycles. The molecule has 1 N–H and O–H groups in total. The summed E-state index contributed by atoms with van der Waals surface area (Å²) in [5.41, 5.74) is 0. The van der Waals surface area contributed by atoms with Gasteiger partial charge in [0.15, 0.2) is 0 Å². The molecule has 1 fully saturated rings. The number of hydrogen-bond acceptors (Lipinski definition) is 2. The normalized spacial score (nSPS) is 28.9. The average Bonchev–Trinajstić information content (AvgIpc) is 2.35. The Bertz CT molecular complexity index is 326. The molecule has 3 unspecified atom stereocenters. The van der Waals surface area contributed by atoms with E-state index in [1.807, 2.05) is 30.3 Å². The lowest BCUT2D eigenvalue weighted by atomic mass is 9.82. The molecule has 1 aromatic rings. The van der Waals surface area contributed by atoms with Crippen LogP contribution in [0.2, 0.25) is 6.04 Å². The van der Waals surface area contributed by atoms with Crippen LogP contribution in [-0.2, 0) is 0 Å². The predicted octanol–water partition coefficient (Wildman–Crippen LogP) is 2.57. The SMILES string of the molecule is OC1CCCC(CC[Si])C1Oc1ccccc1. The predicted molar refractivity (Wildman–Crippen MR) is 69.4 cm³/mol. The monoisotopic (exact) mass is 247 g/mol. The highest BCUT2D eigenvalue weighted by Crippen LogP contribution is 2.31. The maximum Gasteiger partial charge on any atom is 0.127 e. The fraction of sp³-hybridized carbons (Fsp3) is 0.571. The second kappa shape index (κ2) is 6.22. The van der Waals surface area contributed by atoms with Crippen molar-refractivity contribution < 1.29 is 9.84 Å². The summed E-state index contributed by atoms with van der Waals surface area (Å²) in [6.07, 6.45) is 3.79. The Hall–Kier alpha value is -0.803. The highest BCUT2D eigenvalue weighted by atomic mass is 28.1. The van der Waals surface area contributed by atoms with Gasteiger partial charge >= 0.3 is 0 Å². The second-order valence-electron chi connectivity index (χ2n) is 4.69. The molecular weight excluding hydrogens is 228 g/mol. The van der Waals surface area contributed by atoms with Gasteiger partial charge in [-0.25, -0.2) is 0 Å². The van der Waals surface area contributed by atoms with E-state index in [1.165, 1.54) is 0 Å². The van der Waals surface area contributed by atoms with Gasteiger partial charge in [-0.05, 0) is 37.3 Å². The molecule has 2 nitrogen and oxygen atoms in total. The maximum atomic E-state index is 10.1. The molecular formula is C14H19O2Si. The van der Waals surface area contributed by atoms with E-state index in [4.69, 9.17) is 4.74 Å². The van der Waals surface area contributed by atoms with E-state index in [2.05, 4.69) is 10.2 Å². The molecule has 3 atom stereocenters. The Labute approximate surface area is 106 Å². The van der Waals surface area contributed by atoms with Crippen molar-refractivity contribution in [2.24, 2.45) is 5.92 Å². The number of rotatable bonds is 4. The summed E-state index contributed by atoms with van der Waals surface area (Å²) < 4.78 is 5.96. The van der Waals surface area contributed by atoms with Crippen LogP contribution in [0.4, 0.5) is 0 Å². The van der Waals surface area contributed by atoms with Crippen LogP contribution in [0.15, 0.2) is 30.3 Å². The Morgan fingerprint density at radius 1 is 1.24 bits per heavy atom. The van der Waals surface area contributed by atoms with E-state index in [0.717, 1.165) is 37.5 Å². The van der Waals surface area contributed by atoms with Crippen LogP contribution in [0.5, 0.6) is 5.75 Å². The van der Waals surface area contributed by atoms with Crippen LogP contribution in [-0.4, -0.2) is 27.6 Å². The molecule has 0 spiro atoms. The number of ether oxygens (including phenoxy) is 1. The van der Waals surface area contributed by atoms with Crippen LogP contribution >= 0.6 is 0 Å². The fourth-order valence-corrected chi connectivity index (χ4v) is 2.93. The summed E-state index contributed by atoms with van der Waals surface area (Å²) in [5, 5.41) is 10.1. The summed E-state index contributed by atoms with van der Waals surface area (Å²) >= 11 is 0. The molecule has 0 bridgehead atoms. The van der Waals surface area contributed by atoms with Crippen molar-refractivity contribution in [1.82, 2.24) is 0 Å². The number of aliphatic hydroxyl groups excluding tert-OH is 1. The number of para-hydroxylation sites is 1. The molecule has 1 aliphatic rings. The topological polar surface area (TPSA) is 29.5 Å². The van der Waals surface area contributed by atoms with Crippen molar-refractivity contribution in [1.29, 1.82) is 0 Å². The van der Waals surface area contributed by atoms with E-state index in [1.54, 1.807) is 0 Å². The molecule has 3 heteroatoms. The first-order chi connectivity index (χ1) is 8.31. The van der Waals surface area contributed by atoms with Gasteiger partial charge in [0.1, 0.15) is 11.9 Å². The molecule has 1 aromatic carbocycles. The van der Waals surface area contributed by atoms with Crippen molar-refractivity contribution in [3.8, 4) is 5.75 Å². The summed E-state index contributed by atoms with van der Waals surface area (Å²) in [6, 6.07) is 10.8. The van der Waals surface area contributed by atoms with Crippen LogP contribution < -0.4 is 4.74 Å². The van der Waals surface area contributed by atoms with Gasteiger partial charge in [-0.2, -0.15) is 0 Å². The van der Waals surface area contributed by atoms with E-state index in [0.29, 0.717) is 5.92 Å². The van der Waals surface area contributed by atoms with E-state index >= 15 is 0 Å². The van der Waals surface area contributed by atoms with Gasteiger partial charge in [0.2, 0.25) is 0 Å². The summed E-state index contributed by atoms with van der Waals surface area (Å²) in [6.45, 7) is 0. The molecule has 1 saturated carbocycles. The highest BCUT2D eigenvalue weighted by Gasteiger charge is 2.33. The van der Waals surface area contributed by atoms with Crippen molar-refractivity contribution in [2.45, 2.75) is 43.9 Å². The molecule has 3 radical (unpaired) electrons. The minimum absolute atomic E-state index is 0.0532. The lowest BCUT2D eigenvalue weighted by molar-refractivity contribution is -0.0296. The molecule has 2 rings (SSSR count). The minimum atomic E-state index is -0.327. The molecule has 0 saturated heterocycles. The first-order valence-electron chi connectivity index (χ1n) is 6.35. The van der Waals surface area contributed by atoms with Crippen molar-refractivity contribution in [3.05, 3.63) is 30.3 Å². The van der Waals surface area contributed by atoms with Crippen molar-refractivity contribution >= 4 is 10.2 Å². The van der Waals surface area contributed by atoms with E-state index in [-0.39, 0.29) is 12.2 Å². The third-order valence-corrected chi connectivity index (χ3v) is 3.74. The number of hydrogen-bond donors (Lipinski definition) is 1. The first kappa shape index (κ1) is 12.6. The zero-order valence-corrected chi connectivity index (χ0v) is 11.0. The quantitative estimate of drug-likeness (QED) is 0.829. The molecule has 0 aliphatic heterocycles. The second-order valence-corrected chi connectivity index (χ2v) is 5.19. The van der Waals surface area contributed by atoms with Crippen LogP contribution in [0.3, 0.4) is 0 Å². The van der Waals surface area contributed by atoms with E-state index in [9.17, 15) is 5.11 Å². The van der Waals surface area contributed by atoms with Gasteiger partial charge in [0.25, 0.3) is 0 Å². The first-order valence-corrected chi connectivity index (χ1v) is 7.06. The van der Waals surface area contributed by atoms with Gasteiger partial charge < -0.3 is 9.84 Å². The van der Waals surface area contributed by atoms with E-state index < -0.39 is 0 Å². The maximum absolute atomic E-state index is 10.1. The van der Waals surface area contributed by atoms with Gasteiger partial charge in [-0.1, -0.05) is 30.7 Å². The summed E-state index contributed by atoms with van der Waals surface area (Å²) in [4.78, 5) is 0. The van der Waals surface area contributed by atoms with Crippen molar-refractivity contribution in [3.63, 3.8) is 0 Å². The standard InChI is InChI=1S/C14H19O2Si/c15-13-8-4-5-11(9-10-17)14(13)16-12-6-2-1-3-7-12/h1-3,6-7,11,13-15H,4-5,8-10H2. The third-order valence-electron chi connectivity index (χ3n) is 3.45. The van der Waals surface area contributed by atoms with Gasteiger partial charge in [0, 0.05) is 10.2 Å². The zero-order chi connectivity index (χ0) is 12.1. The van der Waals surface area contributed by atoms with Crippen molar-refractivity contribution in [2.75, 3.05) is 0 Å². The molecule has 1 aliphatic carbocycles. The molecule has 91 valence electrons.